The minimum atomic E-state index is -0.493. The smallest absolute Gasteiger partial charge is 0.310 e. The third-order valence-corrected chi connectivity index (χ3v) is 4.27. The highest BCUT2D eigenvalue weighted by Gasteiger charge is 3.08. The second kappa shape index (κ2) is 0.568. The summed E-state index contributed by atoms with van der Waals surface area (Å²) < 4.78 is 0. The maximum Gasteiger partial charge on any atom is 0.310 e. The van der Waals surface area contributed by atoms with Crippen molar-refractivity contribution >= 4 is 5.97 Å². The van der Waals surface area contributed by atoms with E-state index in [1.165, 1.54) is 0 Å². The monoisotopic (exact) mass is 122 g/mol. The lowest BCUT2D eigenvalue weighted by Crippen LogP contribution is -2.31. The fraction of sp³-hybridized carbons (Fsp3) is 0.857. The van der Waals surface area contributed by atoms with E-state index in [0.29, 0.717) is 17.8 Å². The summed E-state index contributed by atoms with van der Waals surface area (Å²) in [4.78, 5) is 10.6. The molecule has 0 saturated heterocycles. The molecule has 0 aromatic rings. The van der Waals surface area contributed by atoms with Crippen LogP contribution in [0.3, 0.4) is 0 Å². The fourth-order valence-corrected chi connectivity index (χ4v) is 3.99. The van der Waals surface area contributed by atoms with Crippen LogP contribution in [0, 0.1) is 35.0 Å². The molecule has 1 N–H and O–H groups in total. The minimum absolute atomic E-state index is 0.102. The van der Waals surface area contributed by atoms with E-state index < -0.39 is 5.97 Å². The highest BCUT2D eigenvalue weighted by Crippen LogP contribution is 3.07. The van der Waals surface area contributed by atoms with Gasteiger partial charge in [-0.1, -0.05) is 0 Å². The summed E-state index contributed by atoms with van der Waals surface area (Å²) in [5.74, 6) is 3.34. The van der Waals surface area contributed by atoms with E-state index >= 15 is 0 Å². The summed E-state index contributed by atoms with van der Waals surface area (Å²) in [6.07, 6.45) is 0. The second-order valence-electron chi connectivity index (χ2n) is 3.97. The predicted molar refractivity (Wildman–Crippen MR) is 27.5 cm³/mol. The number of hydrogen-bond donors (Lipinski definition) is 1. The zero-order valence-electron chi connectivity index (χ0n) is 4.74. The van der Waals surface area contributed by atoms with E-state index in [0.717, 1.165) is 11.8 Å². The molecule has 46 valence electrons. The first-order valence-electron chi connectivity index (χ1n) is 3.54. The molecule has 5 aliphatic carbocycles. The van der Waals surface area contributed by atoms with Gasteiger partial charge < -0.3 is 5.11 Å². The Kier molecular flexibility index (Phi) is 0.227. The summed E-state index contributed by atoms with van der Waals surface area (Å²) >= 11 is 0. The molecule has 4 unspecified atom stereocenters. The molecule has 5 rings (SSSR count). The van der Waals surface area contributed by atoms with E-state index in [1.54, 1.807) is 0 Å². The number of carbonyl (C=O) groups is 1. The van der Waals surface area contributed by atoms with Gasteiger partial charge in [-0.2, -0.15) is 0 Å². The SMILES string of the molecule is O=C(O)C12C3C4C3C1C42. The van der Waals surface area contributed by atoms with Crippen molar-refractivity contribution in [2.75, 3.05) is 0 Å². The van der Waals surface area contributed by atoms with Crippen LogP contribution in [0.1, 0.15) is 0 Å². The van der Waals surface area contributed by atoms with E-state index in [-0.39, 0.29) is 5.41 Å². The van der Waals surface area contributed by atoms with Gasteiger partial charge in [0.25, 0.3) is 0 Å². The molecule has 0 aromatic carbocycles. The zero-order chi connectivity index (χ0) is 5.96. The van der Waals surface area contributed by atoms with Crippen LogP contribution in [0.4, 0.5) is 0 Å². The summed E-state index contributed by atoms with van der Waals surface area (Å²) in [5.41, 5.74) is -0.102. The zero-order valence-corrected chi connectivity index (χ0v) is 4.74. The lowest BCUT2D eigenvalue weighted by atomic mass is 9.82. The predicted octanol–water partition coefficient (Wildman–Crippen LogP) is 0.193. The molecule has 0 spiro atoms. The Morgan fingerprint density at radius 1 is 1.22 bits per heavy atom. The van der Waals surface area contributed by atoms with Crippen molar-refractivity contribution in [2.24, 2.45) is 35.0 Å². The first-order chi connectivity index (χ1) is 4.31. The van der Waals surface area contributed by atoms with Crippen molar-refractivity contribution in [1.82, 2.24) is 0 Å². The van der Waals surface area contributed by atoms with Crippen molar-refractivity contribution in [3.63, 3.8) is 0 Å². The molecule has 2 heteroatoms. The van der Waals surface area contributed by atoms with E-state index in [1.807, 2.05) is 0 Å². The molecule has 5 saturated carbocycles. The lowest BCUT2D eigenvalue weighted by molar-refractivity contribution is -0.149. The quantitative estimate of drug-likeness (QED) is 0.539. The second-order valence-corrected chi connectivity index (χ2v) is 3.97. The molecule has 9 heavy (non-hydrogen) atoms. The molecule has 0 aliphatic heterocycles. The van der Waals surface area contributed by atoms with Gasteiger partial charge in [-0.15, -0.1) is 0 Å². The molecule has 0 radical (unpaired) electrons. The Balaban J connectivity index is 1.93. The molecule has 5 fully saturated rings. The number of hydrogen-bond acceptors (Lipinski definition) is 1. The standard InChI is InChI=1S/C7H6O2/c8-6(9)7-3-1-2(3)5(7)4(1)7/h1-5H,(H,8,9). The highest BCUT2D eigenvalue weighted by molar-refractivity contribution is 5.89. The van der Waals surface area contributed by atoms with Crippen LogP contribution in [0.5, 0.6) is 0 Å². The van der Waals surface area contributed by atoms with E-state index in [4.69, 9.17) is 5.11 Å². The lowest BCUT2D eigenvalue weighted by Gasteiger charge is -2.21. The summed E-state index contributed by atoms with van der Waals surface area (Å²) in [7, 11) is 0. The van der Waals surface area contributed by atoms with Crippen LogP contribution in [-0.2, 0) is 4.79 Å². The molecule has 0 amide bonds. The topological polar surface area (TPSA) is 37.3 Å². The Bertz CT molecular complexity index is 228. The van der Waals surface area contributed by atoms with Crippen molar-refractivity contribution in [2.45, 2.75) is 0 Å². The van der Waals surface area contributed by atoms with Gasteiger partial charge in [0, 0.05) is 0 Å². The maximum atomic E-state index is 10.6. The first kappa shape index (κ1) is 3.59. The van der Waals surface area contributed by atoms with Gasteiger partial charge in [-0.25, -0.2) is 0 Å². The van der Waals surface area contributed by atoms with Gasteiger partial charge >= 0.3 is 5.97 Å². The minimum Gasteiger partial charge on any atom is -0.481 e. The Morgan fingerprint density at radius 2 is 1.78 bits per heavy atom. The van der Waals surface area contributed by atoms with Crippen LogP contribution in [-0.4, -0.2) is 11.1 Å². The van der Waals surface area contributed by atoms with Crippen molar-refractivity contribution in [3.8, 4) is 0 Å². The molecule has 0 aromatic heterocycles. The van der Waals surface area contributed by atoms with Gasteiger partial charge in [0.1, 0.15) is 0 Å². The normalized spacial score (nSPS) is 83.8. The van der Waals surface area contributed by atoms with E-state index in [9.17, 15) is 4.79 Å². The largest absolute Gasteiger partial charge is 0.481 e. The Labute approximate surface area is 51.9 Å². The molecular weight excluding hydrogens is 116 g/mol. The number of rotatable bonds is 1. The summed E-state index contributed by atoms with van der Waals surface area (Å²) in [5, 5.41) is 8.75. The number of aliphatic carboxylic acids is 1. The molecule has 5 aliphatic rings. The van der Waals surface area contributed by atoms with E-state index in [2.05, 4.69) is 0 Å². The average Bonchev–Trinajstić information content (AvgIpc) is 2.06. The van der Waals surface area contributed by atoms with Gasteiger partial charge in [0.2, 0.25) is 0 Å². The van der Waals surface area contributed by atoms with Gasteiger partial charge in [-0.05, 0) is 29.6 Å². The Morgan fingerprint density at radius 3 is 2.00 bits per heavy atom. The number of carboxylic acid groups (broad SMARTS) is 1. The van der Waals surface area contributed by atoms with Crippen LogP contribution in [0.15, 0.2) is 0 Å². The van der Waals surface area contributed by atoms with Crippen LogP contribution in [0.2, 0.25) is 0 Å². The fourth-order valence-electron chi connectivity index (χ4n) is 3.99. The van der Waals surface area contributed by atoms with Gasteiger partial charge in [0.15, 0.2) is 0 Å². The third kappa shape index (κ3) is 0.118. The Hall–Kier alpha value is -0.530. The molecular formula is C7H6O2. The van der Waals surface area contributed by atoms with Gasteiger partial charge in [0.05, 0.1) is 5.41 Å². The summed E-state index contributed by atoms with van der Waals surface area (Å²) in [6, 6.07) is 0. The van der Waals surface area contributed by atoms with Crippen molar-refractivity contribution in [3.05, 3.63) is 0 Å². The highest BCUT2D eigenvalue weighted by atomic mass is 16.4. The van der Waals surface area contributed by atoms with Crippen LogP contribution < -0.4 is 0 Å². The summed E-state index contributed by atoms with van der Waals surface area (Å²) in [6.45, 7) is 0. The molecule has 0 bridgehead atoms. The molecule has 0 heterocycles. The van der Waals surface area contributed by atoms with Crippen LogP contribution in [0.25, 0.3) is 0 Å². The maximum absolute atomic E-state index is 10.6. The molecule has 4 atom stereocenters. The van der Waals surface area contributed by atoms with Crippen molar-refractivity contribution in [1.29, 1.82) is 0 Å². The average molecular weight is 122 g/mol. The third-order valence-electron chi connectivity index (χ3n) is 4.27. The van der Waals surface area contributed by atoms with Gasteiger partial charge in [-0.3, -0.25) is 4.79 Å². The first-order valence-corrected chi connectivity index (χ1v) is 3.54. The molecule has 2 nitrogen and oxygen atoms in total. The van der Waals surface area contributed by atoms with Crippen molar-refractivity contribution < 1.29 is 9.90 Å². The number of carboxylic acids is 1. The van der Waals surface area contributed by atoms with Crippen LogP contribution >= 0.6 is 0 Å².